The molecule has 0 radical (unpaired) electrons. The van der Waals surface area contributed by atoms with Crippen molar-refractivity contribution in [1.29, 1.82) is 0 Å². The molecule has 1 saturated heterocycles. The first-order valence-electron chi connectivity index (χ1n) is 7.94. The number of nitro groups is 1. The molecule has 0 amide bonds. The predicted molar refractivity (Wildman–Crippen MR) is 97.0 cm³/mol. The van der Waals surface area contributed by atoms with E-state index in [4.69, 9.17) is 4.74 Å². The Hall–Kier alpha value is -1.42. The number of nitrogens with one attached hydrogen (secondary N) is 1. The fourth-order valence-electron chi connectivity index (χ4n) is 2.86. The zero-order chi connectivity index (χ0) is 17.7. The fraction of sp³-hybridized carbons (Fsp3) is 0.600. The molecule has 1 aliphatic rings. The second-order valence-electron chi connectivity index (χ2n) is 5.83. The average Bonchev–Trinajstić information content (AvgIpc) is 2.56. The van der Waals surface area contributed by atoms with Gasteiger partial charge in [0.15, 0.2) is 0 Å². The summed E-state index contributed by atoms with van der Waals surface area (Å²) in [6, 6.07) is 3.39. The van der Waals surface area contributed by atoms with Gasteiger partial charge >= 0.3 is 0 Å². The fourth-order valence-corrected chi connectivity index (χ4v) is 4.36. The van der Waals surface area contributed by atoms with Crippen LogP contribution in [0.2, 0.25) is 0 Å². The second kappa shape index (κ2) is 9.33. The van der Waals surface area contributed by atoms with Crippen molar-refractivity contribution in [3.8, 4) is 5.75 Å². The molecule has 1 heterocycles. The van der Waals surface area contributed by atoms with Crippen LogP contribution >= 0.6 is 12.4 Å². The highest BCUT2D eigenvalue weighted by Crippen LogP contribution is 2.28. The van der Waals surface area contributed by atoms with Crippen molar-refractivity contribution in [3.63, 3.8) is 0 Å². The lowest BCUT2D eigenvalue weighted by atomic mass is 10.1. The van der Waals surface area contributed by atoms with Crippen LogP contribution in [0.1, 0.15) is 26.2 Å². The topological polar surface area (TPSA) is 102 Å². The maximum atomic E-state index is 12.6. The van der Waals surface area contributed by atoms with Crippen molar-refractivity contribution < 1.29 is 18.1 Å². The summed E-state index contributed by atoms with van der Waals surface area (Å²) in [7, 11) is -2.55. The number of ether oxygens (including phenoxy) is 1. The van der Waals surface area contributed by atoms with Gasteiger partial charge in [-0.25, -0.2) is 13.1 Å². The van der Waals surface area contributed by atoms with Gasteiger partial charge in [-0.05, 0) is 45.0 Å². The third-order valence-electron chi connectivity index (χ3n) is 4.10. The van der Waals surface area contributed by atoms with Gasteiger partial charge in [0.2, 0.25) is 10.0 Å². The van der Waals surface area contributed by atoms with Crippen LogP contribution in [0.25, 0.3) is 0 Å². The van der Waals surface area contributed by atoms with E-state index >= 15 is 0 Å². The average molecular weight is 394 g/mol. The Labute approximate surface area is 154 Å². The summed E-state index contributed by atoms with van der Waals surface area (Å²) in [4.78, 5) is 12.4. The molecule has 0 aliphatic carbocycles. The first-order valence-corrected chi connectivity index (χ1v) is 9.42. The van der Waals surface area contributed by atoms with E-state index in [1.165, 1.54) is 19.2 Å². The number of nitrogens with zero attached hydrogens (tertiary/aromatic N) is 2. The minimum Gasteiger partial charge on any atom is -0.495 e. The molecular formula is C15H24ClN3O5S. The van der Waals surface area contributed by atoms with Crippen LogP contribution in [0.5, 0.6) is 5.75 Å². The molecule has 142 valence electrons. The van der Waals surface area contributed by atoms with Gasteiger partial charge in [-0.15, -0.1) is 12.4 Å². The monoisotopic (exact) mass is 393 g/mol. The molecule has 1 aliphatic heterocycles. The van der Waals surface area contributed by atoms with E-state index < -0.39 is 14.9 Å². The molecule has 0 aromatic heterocycles. The van der Waals surface area contributed by atoms with Gasteiger partial charge in [-0.3, -0.25) is 10.1 Å². The van der Waals surface area contributed by atoms with Crippen LogP contribution in [-0.4, -0.2) is 51.0 Å². The first kappa shape index (κ1) is 21.6. The second-order valence-corrected chi connectivity index (χ2v) is 7.51. The number of halogens is 1. The van der Waals surface area contributed by atoms with E-state index in [0.717, 1.165) is 45.0 Å². The highest BCUT2D eigenvalue weighted by atomic mass is 35.5. The van der Waals surface area contributed by atoms with E-state index in [1.807, 2.05) is 0 Å². The summed E-state index contributed by atoms with van der Waals surface area (Å²) < 4.78 is 33.0. The molecule has 0 spiro atoms. The molecule has 25 heavy (non-hydrogen) atoms. The van der Waals surface area contributed by atoms with Crippen molar-refractivity contribution in [2.24, 2.45) is 0 Å². The lowest BCUT2D eigenvalue weighted by molar-refractivity contribution is -0.385. The number of nitro benzene ring substituents is 1. The third kappa shape index (κ3) is 5.53. The number of hydrogen-bond donors (Lipinski definition) is 1. The number of piperidine rings is 1. The number of benzene rings is 1. The van der Waals surface area contributed by atoms with Crippen LogP contribution in [0.15, 0.2) is 23.1 Å². The molecule has 2 rings (SSSR count). The van der Waals surface area contributed by atoms with E-state index in [0.29, 0.717) is 0 Å². The normalized spacial score (nSPS) is 16.2. The van der Waals surface area contributed by atoms with E-state index in [1.54, 1.807) is 0 Å². The Bertz CT molecular complexity index is 690. The van der Waals surface area contributed by atoms with Gasteiger partial charge in [0.1, 0.15) is 10.6 Å². The summed E-state index contributed by atoms with van der Waals surface area (Å²) in [6.45, 7) is 4.81. The van der Waals surface area contributed by atoms with Crippen LogP contribution in [0, 0.1) is 10.1 Å². The Morgan fingerprint density at radius 2 is 2.00 bits per heavy atom. The SMILES string of the molecule is CCCN1CCC(NS(=O)(=O)c2cc([N+](=O)[O-])ccc2OC)CC1.Cl. The summed E-state index contributed by atoms with van der Waals surface area (Å²) in [6.07, 6.45) is 2.51. The van der Waals surface area contributed by atoms with Crippen molar-refractivity contribution in [3.05, 3.63) is 28.3 Å². The van der Waals surface area contributed by atoms with E-state index in [2.05, 4.69) is 16.5 Å². The standard InChI is InChI=1S/C15H23N3O5S.ClH/c1-3-8-17-9-6-12(7-10-17)16-24(21,22)15-11-13(18(19)20)4-5-14(15)23-2;/h4-5,11-12,16H,3,6-10H2,1-2H3;1H. The molecule has 1 fully saturated rings. The first-order chi connectivity index (χ1) is 11.4. The third-order valence-corrected chi connectivity index (χ3v) is 5.64. The zero-order valence-electron chi connectivity index (χ0n) is 14.3. The van der Waals surface area contributed by atoms with Gasteiger partial charge in [0.05, 0.1) is 12.0 Å². The smallest absolute Gasteiger partial charge is 0.271 e. The van der Waals surface area contributed by atoms with Crippen LogP contribution in [0.3, 0.4) is 0 Å². The molecule has 1 aromatic carbocycles. The molecule has 0 saturated carbocycles. The van der Waals surface area contributed by atoms with Crippen molar-refractivity contribution in [1.82, 2.24) is 9.62 Å². The lowest BCUT2D eigenvalue weighted by Crippen LogP contribution is -2.44. The Morgan fingerprint density at radius 1 is 1.36 bits per heavy atom. The molecule has 8 nitrogen and oxygen atoms in total. The zero-order valence-corrected chi connectivity index (χ0v) is 15.9. The van der Waals surface area contributed by atoms with E-state index in [-0.39, 0.29) is 34.8 Å². The molecule has 1 aromatic rings. The number of sulfonamides is 1. The highest BCUT2D eigenvalue weighted by molar-refractivity contribution is 7.89. The summed E-state index contributed by atoms with van der Waals surface area (Å²) >= 11 is 0. The maximum absolute atomic E-state index is 12.6. The van der Waals surface area contributed by atoms with Gasteiger partial charge in [-0.2, -0.15) is 0 Å². The van der Waals surface area contributed by atoms with Crippen LogP contribution < -0.4 is 9.46 Å². The number of non-ortho nitro benzene ring substituents is 1. The molecule has 10 heteroatoms. The molecule has 0 unspecified atom stereocenters. The Morgan fingerprint density at radius 3 is 2.52 bits per heavy atom. The largest absolute Gasteiger partial charge is 0.495 e. The molecular weight excluding hydrogens is 370 g/mol. The Balaban J connectivity index is 0.00000312. The van der Waals surface area contributed by atoms with Crippen molar-refractivity contribution in [2.45, 2.75) is 37.1 Å². The van der Waals surface area contributed by atoms with Gasteiger partial charge < -0.3 is 9.64 Å². The quantitative estimate of drug-likeness (QED) is 0.562. The number of likely N-dealkylation sites (tertiary alicyclic amines) is 1. The molecule has 0 atom stereocenters. The lowest BCUT2D eigenvalue weighted by Gasteiger charge is -2.31. The number of methoxy groups -OCH3 is 1. The summed E-state index contributed by atoms with van der Waals surface area (Å²) in [5, 5.41) is 10.9. The highest BCUT2D eigenvalue weighted by Gasteiger charge is 2.28. The van der Waals surface area contributed by atoms with Gasteiger partial charge in [-0.1, -0.05) is 6.92 Å². The number of rotatable bonds is 7. The minimum atomic E-state index is -3.89. The predicted octanol–water partition coefficient (Wildman–Crippen LogP) is 2.18. The van der Waals surface area contributed by atoms with Crippen molar-refractivity contribution >= 4 is 28.1 Å². The van der Waals surface area contributed by atoms with Crippen molar-refractivity contribution in [2.75, 3.05) is 26.7 Å². The van der Waals surface area contributed by atoms with Crippen LogP contribution in [-0.2, 0) is 10.0 Å². The maximum Gasteiger partial charge on any atom is 0.271 e. The number of hydrogen-bond acceptors (Lipinski definition) is 6. The van der Waals surface area contributed by atoms with Gasteiger partial charge in [0, 0.05) is 18.2 Å². The molecule has 1 N–H and O–H groups in total. The summed E-state index contributed by atoms with van der Waals surface area (Å²) in [5.41, 5.74) is -0.283. The van der Waals surface area contributed by atoms with E-state index in [9.17, 15) is 18.5 Å². The van der Waals surface area contributed by atoms with Gasteiger partial charge in [0.25, 0.3) is 5.69 Å². The molecule has 0 bridgehead atoms. The van der Waals surface area contributed by atoms with Crippen LogP contribution in [0.4, 0.5) is 5.69 Å². The minimum absolute atomic E-state index is 0. The Kier molecular flexibility index (Phi) is 8.07. The summed E-state index contributed by atoms with van der Waals surface area (Å²) in [5.74, 6) is 0.0940.